The van der Waals surface area contributed by atoms with Crippen molar-refractivity contribution in [2.75, 3.05) is 0 Å². The molecule has 2 aromatic rings. The Morgan fingerprint density at radius 1 is 1.21 bits per heavy atom. The van der Waals surface area contributed by atoms with E-state index >= 15 is 0 Å². The van der Waals surface area contributed by atoms with Gasteiger partial charge in [-0.1, -0.05) is 11.6 Å². The maximum absolute atomic E-state index is 8.99. The third-order valence-corrected chi connectivity index (χ3v) is 2.20. The van der Waals surface area contributed by atoms with E-state index in [0.29, 0.717) is 11.3 Å². The van der Waals surface area contributed by atoms with E-state index in [1.54, 1.807) is 6.92 Å². The van der Waals surface area contributed by atoms with Gasteiger partial charge in [-0.3, -0.25) is 0 Å². The smallest absolute Gasteiger partial charge is 0.102 e. The lowest BCUT2D eigenvalue weighted by Crippen LogP contribution is -1.94. The van der Waals surface area contributed by atoms with Crippen LogP contribution < -0.4 is 0 Å². The first kappa shape index (κ1) is 8.64. The highest BCUT2D eigenvalue weighted by Crippen LogP contribution is 2.18. The molecule has 0 aliphatic carbocycles. The first-order valence-electron chi connectivity index (χ1n) is 4.36. The number of benzene rings is 1. The van der Waals surface area contributed by atoms with Gasteiger partial charge in [-0.05, 0) is 26.0 Å². The molecule has 1 aromatic carbocycles. The second-order valence-electron chi connectivity index (χ2n) is 3.29. The van der Waals surface area contributed by atoms with E-state index in [2.05, 4.69) is 16.3 Å². The molecule has 3 nitrogen and oxygen atoms in total. The third kappa shape index (κ3) is 1.21. The highest BCUT2D eigenvalue weighted by Gasteiger charge is 2.06. The van der Waals surface area contributed by atoms with Crippen LogP contribution in [-0.4, -0.2) is 10.2 Å². The predicted molar refractivity (Wildman–Crippen MR) is 53.7 cm³/mol. The van der Waals surface area contributed by atoms with E-state index < -0.39 is 0 Å². The molecule has 0 atom stereocenters. The van der Waals surface area contributed by atoms with Crippen LogP contribution in [0.3, 0.4) is 0 Å². The van der Waals surface area contributed by atoms with Crippen LogP contribution in [-0.2, 0) is 0 Å². The molecule has 3 heteroatoms. The van der Waals surface area contributed by atoms with Gasteiger partial charge in [0.25, 0.3) is 0 Å². The quantitative estimate of drug-likeness (QED) is 0.628. The van der Waals surface area contributed by atoms with E-state index in [0.717, 1.165) is 16.5 Å². The molecular formula is C11H9N3. The highest BCUT2D eigenvalue weighted by molar-refractivity contribution is 5.85. The van der Waals surface area contributed by atoms with Crippen LogP contribution >= 0.6 is 0 Å². The first-order chi connectivity index (χ1) is 6.72. The Morgan fingerprint density at radius 2 is 2.00 bits per heavy atom. The van der Waals surface area contributed by atoms with E-state index in [1.165, 1.54) is 0 Å². The molecule has 0 N–H and O–H groups in total. The Labute approximate surface area is 82.0 Å². The summed E-state index contributed by atoms with van der Waals surface area (Å²) in [6, 6.07) is 7.98. The van der Waals surface area contributed by atoms with Gasteiger partial charge in [0.2, 0.25) is 0 Å². The van der Waals surface area contributed by atoms with Gasteiger partial charge in [-0.25, -0.2) is 0 Å². The molecule has 0 aliphatic heterocycles. The Balaban J connectivity index is 2.93. The summed E-state index contributed by atoms with van der Waals surface area (Å²) in [5, 5.41) is 17.8. The van der Waals surface area contributed by atoms with Crippen LogP contribution in [0.15, 0.2) is 18.2 Å². The molecular weight excluding hydrogens is 174 g/mol. The van der Waals surface area contributed by atoms with Crippen molar-refractivity contribution in [1.29, 1.82) is 5.26 Å². The summed E-state index contributed by atoms with van der Waals surface area (Å²) in [5.41, 5.74) is 3.21. The van der Waals surface area contributed by atoms with Gasteiger partial charge < -0.3 is 0 Å². The Kier molecular flexibility index (Phi) is 1.90. The Bertz CT molecular complexity index is 533. The number of nitrogens with zero attached hydrogens (tertiary/aromatic N) is 3. The van der Waals surface area contributed by atoms with Crippen LogP contribution in [0.25, 0.3) is 10.9 Å². The maximum atomic E-state index is 8.99. The molecule has 14 heavy (non-hydrogen) atoms. The lowest BCUT2D eigenvalue weighted by molar-refractivity contribution is 1.01. The van der Waals surface area contributed by atoms with Crippen LogP contribution in [0.1, 0.15) is 16.8 Å². The van der Waals surface area contributed by atoms with Crippen molar-refractivity contribution in [1.82, 2.24) is 10.2 Å². The van der Waals surface area contributed by atoms with Crippen molar-refractivity contribution < 1.29 is 0 Å². The van der Waals surface area contributed by atoms with Crippen molar-refractivity contribution in [3.63, 3.8) is 0 Å². The highest BCUT2D eigenvalue weighted by atomic mass is 15.1. The average molecular weight is 183 g/mol. The number of aryl methyl sites for hydroxylation is 2. The molecule has 0 unspecified atom stereocenters. The molecule has 0 bridgehead atoms. The van der Waals surface area contributed by atoms with E-state index in [9.17, 15) is 0 Å². The predicted octanol–water partition coefficient (Wildman–Crippen LogP) is 2.12. The van der Waals surface area contributed by atoms with Crippen LogP contribution in [0.5, 0.6) is 0 Å². The minimum Gasteiger partial charge on any atom is -0.192 e. The molecule has 0 saturated heterocycles. The zero-order chi connectivity index (χ0) is 10.1. The lowest BCUT2D eigenvalue weighted by atomic mass is 10.1. The molecule has 0 radical (unpaired) electrons. The number of rotatable bonds is 0. The van der Waals surface area contributed by atoms with Crippen LogP contribution in [0.4, 0.5) is 0 Å². The molecule has 68 valence electrons. The van der Waals surface area contributed by atoms with Crippen LogP contribution in [0.2, 0.25) is 0 Å². The van der Waals surface area contributed by atoms with Gasteiger partial charge in [-0.15, -0.1) is 0 Å². The molecule has 2 rings (SSSR count). The van der Waals surface area contributed by atoms with E-state index in [-0.39, 0.29) is 0 Å². The Hall–Kier alpha value is -1.95. The van der Waals surface area contributed by atoms with Gasteiger partial charge in [0.15, 0.2) is 0 Å². The lowest BCUT2D eigenvalue weighted by Gasteiger charge is -2.01. The fraction of sp³-hybridized carbons (Fsp3) is 0.182. The average Bonchev–Trinajstić information content (AvgIpc) is 2.17. The SMILES string of the molecule is Cc1ccc2nnc(C)c(C#N)c2c1. The second-order valence-corrected chi connectivity index (χ2v) is 3.29. The van der Waals surface area contributed by atoms with E-state index in [4.69, 9.17) is 5.26 Å². The molecule has 1 heterocycles. The topological polar surface area (TPSA) is 49.6 Å². The maximum Gasteiger partial charge on any atom is 0.102 e. The molecule has 0 spiro atoms. The summed E-state index contributed by atoms with van der Waals surface area (Å²) in [4.78, 5) is 0. The van der Waals surface area contributed by atoms with Gasteiger partial charge >= 0.3 is 0 Å². The molecule has 1 aromatic heterocycles. The van der Waals surface area contributed by atoms with Crippen molar-refractivity contribution >= 4 is 10.9 Å². The van der Waals surface area contributed by atoms with Crippen molar-refractivity contribution in [2.24, 2.45) is 0 Å². The summed E-state index contributed by atoms with van der Waals surface area (Å²) >= 11 is 0. The first-order valence-corrected chi connectivity index (χ1v) is 4.36. The summed E-state index contributed by atoms with van der Waals surface area (Å²) in [6.45, 7) is 3.80. The zero-order valence-corrected chi connectivity index (χ0v) is 8.07. The normalized spacial score (nSPS) is 10.1. The van der Waals surface area contributed by atoms with Gasteiger partial charge in [-0.2, -0.15) is 15.5 Å². The third-order valence-electron chi connectivity index (χ3n) is 2.20. The standard InChI is InChI=1S/C11H9N3/c1-7-3-4-11-9(5-7)10(6-12)8(2)13-14-11/h3-5H,1-2H3. The number of fused-ring (bicyclic) bond motifs is 1. The number of nitriles is 1. The van der Waals surface area contributed by atoms with Crippen LogP contribution in [0, 0.1) is 25.2 Å². The molecule has 0 aliphatic rings. The van der Waals surface area contributed by atoms with Crippen molar-refractivity contribution in [3.8, 4) is 6.07 Å². The summed E-state index contributed by atoms with van der Waals surface area (Å²) in [5.74, 6) is 0. The van der Waals surface area contributed by atoms with Gasteiger partial charge in [0, 0.05) is 5.39 Å². The van der Waals surface area contributed by atoms with Crippen molar-refractivity contribution in [3.05, 3.63) is 35.0 Å². The fourth-order valence-corrected chi connectivity index (χ4v) is 1.45. The minimum absolute atomic E-state index is 0.624. The fourth-order valence-electron chi connectivity index (χ4n) is 1.45. The molecule has 0 saturated carbocycles. The second kappa shape index (κ2) is 3.08. The van der Waals surface area contributed by atoms with Gasteiger partial charge in [0.05, 0.1) is 16.8 Å². The summed E-state index contributed by atoms with van der Waals surface area (Å²) in [7, 11) is 0. The largest absolute Gasteiger partial charge is 0.192 e. The van der Waals surface area contributed by atoms with E-state index in [1.807, 2.05) is 25.1 Å². The number of hydrogen-bond acceptors (Lipinski definition) is 3. The zero-order valence-electron chi connectivity index (χ0n) is 8.07. The molecule has 0 amide bonds. The number of hydrogen-bond donors (Lipinski definition) is 0. The Morgan fingerprint density at radius 3 is 2.71 bits per heavy atom. The summed E-state index contributed by atoms with van der Waals surface area (Å²) in [6.07, 6.45) is 0. The number of aromatic nitrogens is 2. The molecule has 0 fully saturated rings. The van der Waals surface area contributed by atoms with Gasteiger partial charge in [0.1, 0.15) is 6.07 Å². The minimum atomic E-state index is 0.624. The van der Waals surface area contributed by atoms with Crippen molar-refractivity contribution in [2.45, 2.75) is 13.8 Å². The monoisotopic (exact) mass is 183 g/mol. The summed E-state index contributed by atoms with van der Waals surface area (Å²) < 4.78 is 0.